The van der Waals surface area contributed by atoms with Gasteiger partial charge in [-0.2, -0.15) is 0 Å². The summed E-state index contributed by atoms with van der Waals surface area (Å²) in [6.45, 7) is 7.29. The Bertz CT molecular complexity index is 959. The van der Waals surface area contributed by atoms with Gasteiger partial charge in [0.1, 0.15) is 24.0 Å². The molecular formula is C22H26N6O. The zero-order valence-electron chi connectivity index (χ0n) is 16.9. The van der Waals surface area contributed by atoms with E-state index in [0.717, 1.165) is 36.2 Å². The van der Waals surface area contributed by atoms with Gasteiger partial charge in [-0.3, -0.25) is 4.79 Å². The van der Waals surface area contributed by atoms with Crippen LogP contribution in [0.15, 0.2) is 54.9 Å². The predicted octanol–water partition coefficient (Wildman–Crippen LogP) is 2.99. The van der Waals surface area contributed by atoms with Crippen molar-refractivity contribution >= 4 is 23.2 Å². The van der Waals surface area contributed by atoms with Crippen LogP contribution in [0.5, 0.6) is 0 Å². The normalized spacial score (nSPS) is 14.1. The monoisotopic (exact) mass is 390 g/mol. The van der Waals surface area contributed by atoms with Crippen molar-refractivity contribution in [2.75, 3.05) is 36.4 Å². The lowest BCUT2D eigenvalue weighted by molar-refractivity contribution is -0.132. The molecule has 0 bridgehead atoms. The number of amides is 1. The molecule has 0 aliphatic carbocycles. The molecular weight excluding hydrogens is 364 g/mol. The topological polar surface area (TPSA) is 66.3 Å². The molecule has 0 atom stereocenters. The fourth-order valence-corrected chi connectivity index (χ4v) is 3.48. The van der Waals surface area contributed by atoms with E-state index in [0.29, 0.717) is 19.6 Å². The molecule has 0 saturated carbocycles. The molecule has 7 heteroatoms. The fourth-order valence-electron chi connectivity index (χ4n) is 3.48. The van der Waals surface area contributed by atoms with Gasteiger partial charge in [0.05, 0.1) is 0 Å². The third-order valence-corrected chi connectivity index (χ3v) is 5.09. The lowest BCUT2D eigenvalue weighted by Crippen LogP contribution is -2.49. The zero-order valence-corrected chi connectivity index (χ0v) is 16.9. The summed E-state index contributed by atoms with van der Waals surface area (Å²) in [6, 6.07) is 14.1. The number of rotatable bonds is 5. The van der Waals surface area contributed by atoms with Crippen molar-refractivity contribution in [3.05, 3.63) is 66.2 Å². The van der Waals surface area contributed by atoms with Crippen LogP contribution in [0.4, 0.5) is 17.3 Å². The van der Waals surface area contributed by atoms with E-state index in [9.17, 15) is 4.79 Å². The molecule has 1 amide bonds. The van der Waals surface area contributed by atoms with E-state index in [-0.39, 0.29) is 5.91 Å². The second-order valence-corrected chi connectivity index (χ2v) is 7.37. The van der Waals surface area contributed by atoms with E-state index in [2.05, 4.69) is 39.2 Å². The van der Waals surface area contributed by atoms with Gasteiger partial charge >= 0.3 is 0 Å². The van der Waals surface area contributed by atoms with Crippen LogP contribution in [0, 0.1) is 13.8 Å². The molecule has 3 heterocycles. The minimum absolute atomic E-state index is 0.154. The Morgan fingerprint density at radius 3 is 2.38 bits per heavy atom. The van der Waals surface area contributed by atoms with Gasteiger partial charge in [-0.1, -0.05) is 17.7 Å². The van der Waals surface area contributed by atoms with Crippen molar-refractivity contribution < 1.29 is 4.79 Å². The van der Waals surface area contributed by atoms with Gasteiger partial charge in [-0.05, 0) is 38.1 Å². The molecule has 2 aromatic heterocycles. The summed E-state index contributed by atoms with van der Waals surface area (Å²) >= 11 is 0. The molecule has 1 aliphatic heterocycles. The molecule has 150 valence electrons. The van der Waals surface area contributed by atoms with Crippen LogP contribution in [-0.2, 0) is 11.3 Å². The average Bonchev–Trinajstić information content (AvgIpc) is 3.22. The lowest BCUT2D eigenvalue weighted by atomic mass is 10.2. The van der Waals surface area contributed by atoms with Gasteiger partial charge in [-0.25, -0.2) is 9.97 Å². The van der Waals surface area contributed by atoms with Gasteiger partial charge in [0, 0.05) is 50.3 Å². The summed E-state index contributed by atoms with van der Waals surface area (Å²) in [5.74, 6) is 2.55. The average molecular weight is 390 g/mol. The van der Waals surface area contributed by atoms with Crippen LogP contribution in [0.25, 0.3) is 0 Å². The Kier molecular flexibility index (Phi) is 5.46. The first-order valence-corrected chi connectivity index (χ1v) is 9.90. The van der Waals surface area contributed by atoms with Crippen molar-refractivity contribution in [3.63, 3.8) is 0 Å². The molecule has 7 nitrogen and oxygen atoms in total. The number of aryl methyl sites for hydroxylation is 2. The summed E-state index contributed by atoms with van der Waals surface area (Å²) in [6.07, 6.45) is 3.83. The standard InChI is InChI=1S/C22H26N6O/c1-17-5-7-19(8-6-17)25-20-15-21(24-18(2)23-20)27-11-13-28(14-12-27)22(29)16-26-9-3-4-10-26/h3-10,15H,11-14,16H2,1-2H3,(H,23,24,25). The number of anilines is 3. The maximum Gasteiger partial charge on any atom is 0.242 e. The maximum atomic E-state index is 12.5. The fraction of sp³-hybridized carbons (Fsp3) is 0.318. The number of nitrogens with zero attached hydrogens (tertiary/aromatic N) is 5. The molecule has 4 rings (SSSR count). The van der Waals surface area contributed by atoms with Crippen LogP contribution in [0.2, 0.25) is 0 Å². The highest BCUT2D eigenvalue weighted by Crippen LogP contribution is 2.21. The van der Waals surface area contributed by atoms with Crippen molar-refractivity contribution in [3.8, 4) is 0 Å². The third kappa shape index (κ3) is 4.74. The number of hydrogen-bond acceptors (Lipinski definition) is 5. The number of piperazine rings is 1. The molecule has 3 aromatic rings. The van der Waals surface area contributed by atoms with Crippen molar-refractivity contribution in [1.82, 2.24) is 19.4 Å². The van der Waals surface area contributed by atoms with Crippen LogP contribution in [0.1, 0.15) is 11.4 Å². The second kappa shape index (κ2) is 8.34. The van der Waals surface area contributed by atoms with Crippen LogP contribution in [-0.4, -0.2) is 51.5 Å². The van der Waals surface area contributed by atoms with Crippen molar-refractivity contribution in [2.24, 2.45) is 0 Å². The summed E-state index contributed by atoms with van der Waals surface area (Å²) in [4.78, 5) is 25.8. The molecule has 0 radical (unpaired) electrons. The minimum atomic E-state index is 0.154. The van der Waals surface area contributed by atoms with Crippen LogP contribution in [0.3, 0.4) is 0 Å². The second-order valence-electron chi connectivity index (χ2n) is 7.37. The Morgan fingerprint density at radius 2 is 1.69 bits per heavy atom. The highest BCUT2D eigenvalue weighted by molar-refractivity contribution is 5.76. The first-order valence-electron chi connectivity index (χ1n) is 9.90. The number of carbonyl (C=O) groups excluding carboxylic acids is 1. The zero-order chi connectivity index (χ0) is 20.2. The highest BCUT2D eigenvalue weighted by atomic mass is 16.2. The van der Waals surface area contributed by atoms with E-state index < -0.39 is 0 Å². The smallest absolute Gasteiger partial charge is 0.242 e. The van der Waals surface area contributed by atoms with Crippen LogP contribution >= 0.6 is 0 Å². The minimum Gasteiger partial charge on any atom is -0.353 e. The molecule has 1 aliphatic rings. The number of benzene rings is 1. The summed E-state index contributed by atoms with van der Waals surface area (Å²) in [5.41, 5.74) is 2.22. The Hall–Kier alpha value is -3.35. The quantitative estimate of drug-likeness (QED) is 0.726. The first kappa shape index (κ1) is 19.0. The van der Waals surface area contributed by atoms with Gasteiger partial charge in [0.25, 0.3) is 0 Å². The summed E-state index contributed by atoms with van der Waals surface area (Å²) in [5, 5.41) is 3.36. The Morgan fingerprint density at radius 1 is 1.00 bits per heavy atom. The SMILES string of the molecule is Cc1ccc(Nc2cc(N3CCN(C(=O)Cn4cccc4)CC3)nc(C)n2)cc1. The highest BCUT2D eigenvalue weighted by Gasteiger charge is 2.22. The van der Waals surface area contributed by atoms with Gasteiger partial charge in [-0.15, -0.1) is 0 Å². The molecule has 1 fully saturated rings. The van der Waals surface area contributed by atoms with Crippen LogP contribution < -0.4 is 10.2 Å². The number of aromatic nitrogens is 3. The van der Waals surface area contributed by atoms with Crippen molar-refractivity contribution in [1.29, 1.82) is 0 Å². The molecule has 1 saturated heterocycles. The van der Waals surface area contributed by atoms with Crippen molar-refractivity contribution in [2.45, 2.75) is 20.4 Å². The molecule has 0 spiro atoms. The molecule has 1 aromatic carbocycles. The van der Waals surface area contributed by atoms with E-state index in [4.69, 9.17) is 0 Å². The third-order valence-electron chi connectivity index (χ3n) is 5.09. The largest absolute Gasteiger partial charge is 0.353 e. The maximum absolute atomic E-state index is 12.5. The Balaban J connectivity index is 1.39. The predicted molar refractivity (Wildman–Crippen MR) is 114 cm³/mol. The van der Waals surface area contributed by atoms with E-state index >= 15 is 0 Å². The first-order chi connectivity index (χ1) is 14.1. The summed E-state index contributed by atoms with van der Waals surface area (Å²) in [7, 11) is 0. The molecule has 29 heavy (non-hydrogen) atoms. The molecule has 0 unspecified atom stereocenters. The number of carbonyl (C=O) groups is 1. The Labute approximate surface area is 171 Å². The summed E-state index contributed by atoms with van der Waals surface area (Å²) < 4.78 is 1.91. The van der Waals surface area contributed by atoms with E-state index in [1.807, 2.05) is 59.1 Å². The lowest BCUT2D eigenvalue weighted by Gasteiger charge is -2.35. The van der Waals surface area contributed by atoms with Gasteiger partial charge in [0.15, 0.2) is 0 Å². The van der Waals surface area contributed by atoms with Gasteiger partial charge < -0.3 is 19.7 Å². The molecule has 1 N–H and O–H groups in total. The van der Waals surface area contributed by atoms with E-state index in [1.165, 1.54) is 5.56 Å². The number of nitrogens with one attached hydrogen (secondary N) is 1. The van der Waals surface area contributed by atoms with E-state index in [1.54, 1.807) is 0 Å². The number of hydrogen-bond donors (Lipinski definition) is 1. The van der Waals surface area contributed by atoms with Gasteiger partial charge in [0.2, 0.25) is 5.91 Å².